The smallest absolute Gasteiger partial charge is 0.340 e. The van der Waals surface area contributed by atoms with Gasteiger partial charge in [-0.1, -0.05) is 54.7 Å². The van der Waals surface area contributed by atoms with E-state index >= 15 is 0 Å². The molecule has 0 fully saturated rings. The first-order valence-corrected chi connectivity index (χ1v) is 9.35. The van der Waals surface area contributed by atoms with Crippen molar-refractivity contribution in [3.05, 3.63) is 56.5 Å². The molecular weight excluding hydrogens is 379 g/mol. The summed E-state index contributed by atoms with van der Waals surface area (Å²) in [6.45, 7) is 6.03. The molecule has 0 bridgehead atoms. The zero-order valence-electron chi connectivity index (χ0n) is 12.7. The zero-order valence-corrected chi connectivity index (χ0v) is 15.8. The molecule has 0 amide bonds. The van der Waals surface area contributed by atoms with Crippen molar-refractivity contribution in [3.63, 3.8) is 0 Å². The normalized spacial score (nSPS) is 11.8. The van der Waals surface area contributed by atoms with Crippen molar-refractivity contribution in [2.24, 2.45) is 0 Å². The van der Waals surface area contributed by atoms with E-state index in [0.29, 0.717) is 5.92 Å². The second-order valence-electron chi connectivity index (χ2n) is 5.41. The molecule has 0 unspecified atom stereocenters. The summed E-state index contributed by atoms with van der Waals surface area (Å²) in [5.74, 6) is 0.555. The van der Waals surface area contributed by atoms with Gasteiger partial charge in [0.25, 0.3) is 0 Å². The van der Waals surface area contributed by atoms with E-state index in [0.717, 1.165) is 11.1 Å². The molecule has 0 aromatic heterocycles. The Labute approximate surface area is 151 Å². The molecule has 0 N–H and O–H groups in total. The molecule has 23 heavy (non-hydrogen) atoms. The van der Waals surface area contributed by atoms with Gasteiger partial charge in [0.05, 0.1) is 15.1 Å². The van der Waals surface area contributed by atoms with Gasteiger partial charge >= 0.3 is 10.1 Å². The maximum absolute atomic E-state index is 12.4. The van der Waals surface area contributed by atoms with Gasteiger partial charge in [0.2, 0.25) is 0 Å². The molecule has 0 radical (unpaired) electrons. The molecule has 2 aromatic carbocycles. The van der Waals surface area contributed by atoms with Gasteiger partial charge in [-0.2, -0.15) is 8.42 Å². The van der Waals surface area contributed by atoms with Gasteiger partial charge < -0.3 is 4.18 Å². The highest BCUT2D eigenvalue weighted by atomic mass is 35.5. The Morgan fingerprint density at radius 1 is 0.957 bits per heavy atom. The van der Waals surface area contributed by atoms with E-state index in [2.05, 4.69) is 13.8 Å². The molecule has 2 rings (SSSR count). The highest BCUT2D eigenvalue weighted by molar-refractivity contribution is 7.87. The summed E-state index contributed by atoms with van der Waals surface area (Å²) in [5, 5.41) is 0.215. The second kappa shape index (κ2) is 6.89. The number of rotatable bonds is 4. The van der Waals surface area contributed by atoms with E-state index in [1.165, 1.54) is 12.1 Å². The van der Waals surface area contributed by atoms with Crippen molar-refractivity contribution in [2.75, 3.05) is 0 Å². The van der Waals surface area contributed by atoms with Crippen LogP contribution in [0.25, 0.3) is 0 Å². The predicted molar refractivity (Wildman–Crippen MR) is 94.6 cm³/mol. The van der Waals surface area contributed by atoms with E-state index in [1.54, 1.807) is 12.1 Å². The summed E-state index contributed by atoms with van der Waals surface area (Å²) in [7, 11) is -4.11. The Morgan fingerprint density at radius 3 is 2.13 bits per heavy atom. The molecule has 7 heteroatoms. The Hall–Kier alpha value is -0.940. The van der Waals surface area contributed by atoms with Crippen LogP contribution in [0.2, 0.25) is 15.1 Å². The molecule has 0 saturated carbocycles. The summed E-state index contributed by atoms with van der Waals surface area (Å²) >= 11 is 17.6. The molecule has 0 saturated heterocycles. The topological polar surface area (TPSA) is 43.4 Å². The predicted octanol–water partition coefficient (Wildman–Crippen LogP) is 5.85. The van der Waals surface area contributed by atoms with Crippen LogP contribution in [0.1, 0.15) is 30.9 Å². The fraction of sp³-hybridized carbons (Fsp3) is 0.250. The standard InChI is InChI=1S/C16H15Cl3O3S/c1-9(2)12-5-4-11(6-10(12)3)22-23(20,21)16-8-14(18)13(17)7-15(16)19/h4-9H,1-3H3. The van der Waals surface area contributed by atoms with Crippen LogP contribution in [0, 0.1) is 6.92 Å². The van der Waals surface area contributed by atoms with Crippen LogP contribution < -0.4 is 4.18 Å². The Morgan fingerprint density at radius 2 is 1.57 bits per heavy atom. The highest BCUT2D eigenvalue weighted by Crippen LogP contribution is 2.33. The second-order valence-corrected chi connectivity index (χ2v) is 8.14. The van der Waals surface area contributed by atoms with E-state index < -0.39 is 10.1 Å². The summed E-state index contributed by atoms with van der Waals surface area (Å²) < 4.78 is 30.0. The largest absolute Gasteiger partial charge is 0.379 e. The summed E-state index contributed by atoms with van der Waals surface area (Å²) in [5.41, 5.74) is 2.08. The number of aryl methyl sites for hydroxylation is 1. The average Bonchev–Trinajstić information content (AvgIpc) is 2.41. The molecule has 0 atom stereocenters. The maximum atomic E-state index is 12.4. The lowest BCUT2D eigenvalue weighted by molar-refractivity contribution is 0.486. The Bertz CT molecular complexity index is 846. The Kier molecular flexibility index (Phi) is 5.52. The molecule has 0 spiro atoms. The van der Waals surface area contributed by atoms with Gasteiger partial charge in [-0.15, -0.1) is 0 Å². The third-order valence-electron chi connectivity index (χ3n) is 3.31. The summed E-state index contributed by atoms with van der Waals surface area (Å²) in [4.78, 5) is -0.223. The van der Waals surface area contributed by atoms with E-state index in [1.807, 2.05) is 13.0 Å². The SMILES string of the molecule is Cc1cc(OS(=O)(=O)c2cc(Cl)c(Cl)cc2Cl)ccc1C(C)C. The molecular formula is C16H15Cl3O3S. The van der Waals surface area contributed by atoms with E-state index in [-0.39, 0.29) is 25.7 Å². The molecule has 124 valence electrons. The molecule has 0 heterocycles. The van der Waals surface area contributed by atoms with Crippen LogP contribution in [0.5, 0.6) is 5.75 Å². The van der Waals surface area contributed by atoms with Crippen LogP contribution in [0.15, 0.2) is 35.2 Å². The zero-order chi connectivity index (χ0) is 17.4. The quantitative estimate of drug-likeness (QED) is 0.483. The number of halogens is 3. The van der Waals surface area contributed by atoms with E-state index in [4.69, 9.17) is 39.0 Å². The molecule has 0 aliphatic heterocycles. The van der Waals surface area contributed by atoms with Gasteiger partial charge in [0.1, 0.15) is 10.6 Å². The Balaban J connectivity index is 2.39. The van der Waals surface area contributed by atoms with Crippen LogP contribution in [-0.2, 0) is 10.1 Å². The third-order valence-corrected chi connectivity index (χ3v) is 5.75. The lowest BCUT2D eigenvalue weighted by atomic mass is 9.98. The van der Waals surface area contributed by atoms with Gasteiger partial charge in [-0.05, 0) is 48.2 Å². The number of benzene rings is 2. The summed E-state index contributed by atoms with van der Waals surface area (Å²) in [6, 6.07) is 7.59. The van der Waals surface area contributed by atoms with Gasteiger partial charge in [0, 0.05) is 0 Å². The van der Waals surface area contributed by atoms with Crippen LogP contribution in [-0.4, -0.2) is 8.42 Å². The molecule has 2 aromatic rings. The number of hydrogen-bond donors (Lipinski definition) is 0. The first kappa shape index (κ1) is 18.4. The minimum atomic E-state index is -4.11. The lowest BCUT2D eigenvalue weighted by Gasteiger charge is -2.13. The molecule has 0 aliphatic rings. The number of hydrogen-bond acceptors (Lipinski definition) is 3. The molecule has 3 nitrogen and oxygen atoms in total. The lowest BCUT2D eigenvalue weighted by Crippen LogP contribution is -2.11. The van der Waals surface area contributed by atoms with E-state index in [9.17, 15) is 8.42 Å². The maximum Gasteiger partial charge on any atom is 0.340 e. The van der Waals surface area contributed by atoms with Crippen molar-refractivity contribution in [3.8, 4) is 5.75 Å². The van der Waals surface area contributed by atoms with Crippen molar-refractivity contribution < 1.29 is 12.6 Å². The average molecular weight is 394 g/mol. The fourth-order valence-electron chi connectivity index (χ4n) is 2.22. The fourth-order valence-corrected chi connectivity index (χ4v) is 4.12. The van der Waals surface area contributed by atoms with Crippen molar-refractivity contribution in [1.82, 2.24) is 0 Å². The van der Waals surface area contributed by atoms with Crippen LogP contribution in [0.4, 0.5) is 0 Å². The van der Waals surface area contributed by atoms with Gasteiger partial charge in [-0.25, -0.2) is 0 Å². The monoisotopic (exact) mass is 392 g/mol. The van der Waals surface area contributed by atoms with Crippen LogP contribution >= 0.6 is 34.8 Å². The van der Waals surface area contributed by atoms with Crippen molar-refractivity contribution >= 4 is 44.9 Å². The first-order valence-electron chi connectivity index (χ1n) is 6.81. The van der Waals surface area contributed by atoms with Crippen LogP contribution in [0.3, 0.4) is 0 Å². The summed E-state index contributed by atoms with van der Waals surface area (Å²) in [6.07, 6.45) is 0. The van der Waals surface area contributed by atoms with Gasteiger partial charge in [-0.3, -0.25) is 0 Å². The highest BCUT2D eigenvalue weighted by Gasteiger charge is 2.22. The van der Waals surface area contributed by atoms with Crippen molar-refractivity contribution in [1.29, 1.82) is 0 Å². The van der Waals surface area contributed by atoms with Gasteiger partial charge in [0.15, 0.2) is 0 Å². The minimum Gasteiger partial charge on any atom is -0.379 e. The minimum absolute atomic E-state index is 0.0464. The first-order chi connectivity index (χ1) is 10.6. The third kappa shape index (κ3) is 4.13. The van der Waals surface area contributed by atoms with Crippen molar-refractivity contribution in [2.45, 2.75) is 31.6 Å². The molecule has 0 aliphatic carbocycles.